The third kappa shape index (κ3) is 1.37. The molecular weight excluding hydrogens is 280 g/mol. The highest BCUT2D eigenvalue weighted by Gasteiger charge is 2.28. The summed E-state index contributed by atoms with van der Waals surface area (Å²) >= 11 is 0. The SMILES string of the molecule is Cc1c(O)c(O)c2c(oc3c(O)c(O)c(O)c(O)c32)c1C. The number of rotatable bonds is 0. The van der Waals surface area contributed by atoms with Crippen LogP contribution in [0.15, 0.2) is 4.42 Å². The van der Waals surface area contributed by atoms with Crippen LogP contribution in [0, 0.1) is 13.8 Å². The van der Waals surface area contributed by atoms with Gasteiger partial charge in [0.25, 0.3) is 0 Å². The Morgan fingerprint density at radius 2 is 1.00 bits per heavy atom. The molecular formula is C14H12O7. The van der Waals surface area contributed by atoms with E-state index in [0.29, 0.717) is 11.1 Å². The van der Waals surface area contributed by atoms with Crippen molar-refractivity contribution in [3.63, 3.8) is 0 Å². The van der Waals surface area contributed by atoms with Crippen molar-refractivity contribution in [2.24, 2.45) is 0 Å². The van der Waals surface area contributed by atoms with E-state index in [1.165, 1.54) is 0 Å². The molecule has 1 aromatic heterocycles. The van der Waals surface area contributed by atoms with Crippen LogP contribution in [0.5, 0.6) is 34.5 Å². The van der Waals surface area contributed by atoms with Gasteiger partial charge in [-0.25, -0.2) is 0 Å². The Kier molecular flexibility index (Phi) is 2.35. The molecule has 0 spiro atoms. The van der Waals surface area contributed by atoms with E-state index >= 15 is 0 Å². The highest BCUT2D eigenvalue weighted by atomic mass is 16.4. The van der Waals surface area contributed by atoms with Crippen molar-refractivity contribution in [2.45, 2.75) is 13.8 Å². The zero-order chi connectivity index (χ0) is 15.6. The number of hydrogen-bond acceptors (Lipinski definition) is 7. The largest absolute Gasteiger partial charge is 0.504 e. The first-order valence-electron chi connectivity index (χ1n) is 6.00. The van der Waals surface area contributed by atoms with Gasteiger partial charge in [0.15, 0.2) is 22.8 Å². The molecule has 2 aromatic carbocycles. The minimum Gasteiger partial charge on any atom is -0.504 e. The zero-order valence-electron chi connectivity index (χ0n) is 11.1. The molecule has 0 unspecified atom stereocenters. The molecule has 0 saturated heterocycles. The van der Waals surface area contributed by atoms with E-state index in [4.69, 9.17) is 4.42 Å². The summed E-state index contributed by atoms with van der Waals surface area (Å²) < 4.78 is 5.40. The van der Waals surface area contributed by atoms with Crippen LogP contribution >= 0.6 is 0 Å². The lowest BCUT2D eigenvalue weighted by atomic mass is 10.0. The summed E-state index contributed by atoms with van der Waals surface area (Å²) in [4.78, 5) is 0. The van der Waals surface area contributed by atoms with Crippen LogP contribution in [0.4, 0.5) is 0 Å². The predicted molar refractivity (Wildman–Crippen MR) is 73.2 cm³/mol. The van der Waals surface area contributed by atoms with Gasteiger partial charge in [0, 0.05) is 5.56 Å². The summed E-state index contributed by atoms with van der Waals surface area (Å²) in [6.07, 6.45) is 0. The number of hydrogen-bond donors (Lipinski definition) is 6. The van der Waals surface area contributed by atoms with Crippen LogP contribution in [0.3, 0.4) is 0 Å². The molecule has 7 heteroatoms. The average molecular weight is 292 g/mol. The summed E-state index contributed by atoms with van der Waals surface area (Å²) in [7, 11) is 0. The van der Waals surface area contributed by atoms with Gasteiger partial charge in [-0.3, -0.25) is 0 Å². The molecule has 0 aliphatic heterocycles. The highest BCUT2D eigenvalue weighted by molar-refractivity contribution is 6.16. The molecule has 6 N–H and O–H groups in total. The van der Waals surface area contributed by atoms with Crippen LogP contribution < -0.4 is 0 Å². The molecule has 0 aliphatic rings. The summed E-state index contributed by atoms with van der Waals surface area (Å²) in [6.45, 7) is 3.18. The van der Waals surface area contributed by atoms with Crippen molar-refractivity contribution in [3.8, 4) is 34.5 Å². The maximum absolute atomic E-state index is 10.1. The number of aryl methyl sites for hydroxylation is 1. The second-order valence-corrected chi connectivity index (χ2v) is 4.85. The molecule has 7 nitrogen and oxygen atoms in total. The van der Waals surface area contributed by atoms with Crippen molar-refractivity contribution >= 4 is 21.9 Å². The van der Waals surface area contributed by atoms with Crippen LogP contribution in [-0.4, -0.2) is 30.6 Å². The summed E-state index contributed by atoms with van der Waals surface area (Å²) in [6, 6.07) is 0. The third-order valence-electron chi connectivity index (χ3n) is 3.75. The molecule has 0 saturated carbocycles. The van der Waals surface area contributed by atoms with E-state index in [1.807, 2.05) is 0 Å². The topological polar surface area (TPSA) is 135 Å². The monoisotopic (exact) mass is 292 g/mol. The second-order valence-electron chi connectivity index (χ2n) is 4.85. The van der Waals surface area contributed by atoms with Gasteiger partial charge < -0.3 is 35.1 Å². The lowest BCUT2D eigenvalue weighted by Gasteiger charge is -2.07. The normalized spacial score (nSPS) is 11.5. The Balaban J connectivity index is 2.73. The van der Waals surface area contributed by atoms with E-state index in [-0.39, 0.29) is 21.9 Å². The fourth-order valence-electron chi connectivity index (χ4n) is 2.41. The fraction of sp³-hybridized carbons (Fsp3) is 0.143. The van der Waals surface area contributed by atoms with Gasteiger partial charge in [0.2, 0.25) is 17.2 Å². The predicted octanol–water partition coefficient (Wildman–Crippen LogP) is 2.44. The molecule has 0 fully saturated rings. The van der Waals surface area contributed by atoms with Gasteiger partial charge in [0.1, 0.15) is 5.58 Å². The molecule has 3 rings (SSSR count). The summed E-state index contributed by atoms with van der Waals surface area (Å²) in [5, 5.41) is 58.6. The number of benzene rings is 2. The van der Waals surface area contributed by atoms with Crippen molar-refractivity contribution in [1.29, 1.82) is 0 Å². The fourth-order valence-corrected chi connectivity index (χ4v) is 2.41. The summed E-state index contributed by atoms with van der Waals surface area (Å²) in [5.41, 5.74) is 0.662. The van der Waals surface area contributed by atoms with Crippen LogP contribution in [0.2, 0.25) is 0 Å². The maximum atomic E-state index is 10.1. The molecule has 110 valence electrons. The molecule has 3 aromatic rings. The average Bonchev–Trinajstić information content (AvgIpc) is 2.87. The number of furan rings is 1. The third-order valence-corrected chi connectivity index (χ3v) is 3.75. The lowest BCUT2D eigenvalue weighted by molar-refractivity contribution is 0.348. The zero-order valence-corrected chi connectivity index (χ0v) is 11.1. The van der Waals surface area contributed by atoms with Crippen LogP contribution in [0.25, 0.3) is 21.9 Å². The highest BCUT2D eigenvalue weighted by Crippen LogP contribution is 2.55. The Morgan fingerprint density at radius 3 is 1.62 bits per heavy atom. The smallest absolute Gasteiger partial charge is 0.208 e. The molecule has 0 aliphatic carbocycles. The first kappa shape index (κ1) is 13.0. The van der Waals surface area contributed by atoms with Gasteiger partial charge in [-0.1, -0.05) is 0 Å². The molecule has 21 heavy (non-hydrogen) atoms. The molecule has 0 bridgehead atoms. The first-order valence-corrected chi connectivity index (χ1v) is 6.00. The van der Waals surface area contributed by atoms with Gasteiger partial charge in [-0.05, 0) is 19.4 Å². The quantitative estimate of drug-likeness (QED) is 0.277. The number of phenols is 6. The van der Waals surface area contributed by atoms with Crippen LogP contribution in [-0.2, 0) is 0 Å². The Bertz CT molecular complexity index is 847. The number of aromatic hydroxyl groups is 6. The van der Waals surface area contributed by atoms with E-state index < -0.39 is 34.5 Å². The maximum Gasteiger partial charge on any atom is 0.208 e. The molecule has 0 radical (unpaired) electrons. The van der Waals surface area contributed by atoms with E-state index in [0.717, 1.165) is 0 Å². The van der Waals surface area contributed by atoms with Crippen molar-refractivity contribution < 1.29 is 35.1 Å². The van der Waals surface area contributed by atoms with Gasteiger partial charge in [-0.2, -0.15) is 0 Å². The lowest BCUT2D eigenvalue weighted by Crippen LogP contribution is -1.84. The summed E-state index contributed by atoms with van der Waals surface area (Å²) in [5.74, 6) is -4.36. The van der Waals surface area contributed by atoms with E-state index in [9.17, 15) is 30.6 Å². The standard InChI is InChI=1S/C14H12O7/c1-3-4(2)13-5(8(16)7(3)15)6-9(17)10(18)11(19)12(20)14(6)21-13/h15-20H,1-2H3. The Labute approximate surface area is 117 Å². The first-order chi connectivity index (χ1) is 9.77. The van der Waals surface area contributed by atoms with Gasteiger partial charge in [0.05, 0.1) is 10.8 Å². The van der Waals surface area contributed by atoms with Crippen molar-refractivity contribution in [2.75, 3.05) is 0 Å². The Morgan fingerprint density at radius 1 is 0.524 bits per heavy atom. The number of phenolic OH excluding ortho intramolecular Hbond substituents is 6. The Hall–Kier alpha value is -2.96. The molecule has 0 amide bonds. The molecule has 1 heterocycles. The van der Waals surface area contributed by atoms with Crippen LogP contribution in [0.1, 0.15) is 11.1 Å². The van der Waals surface area contributed by atoms with Gasteiger partial charge in [-0.15, -0.1) is 0 Å². The minimum absolute atomic E-state index is 0.0614. The van der Waals surface area contributed by atoms with E-state index in [2.05, 4.69) is 0 Å². The van der Waals surface area contributed by atoms with Gasteiger partial charge >= 0.3 is 0 Å². The van der Waals surface area contributed by atoms with E-state index in [1.54, 1.807) is 13.8 Å². The van der Waals surface area contributed by atoms with Crippen molar-refractivity contribution in [3.05, 3.63) is 11.1 Å². The second kappa shape index (κ2) is 3.78. The van der Waals surface area contributed by atoms with Crippen molar-refractivity contribution in [1.82, 2.24) is 0 Å². The number of fused-ring (bicyclic) bond motifs is 3. The molecule has 0 atom stereocenters. The minimum atomic E-state index is -0.945.